The summed E-state index contributed by atoms with van der Waals surface area (Å²) in [5.74, 6) is -1.33. The molecule has 1 rings (SSSR count). The molecule has 6 nitrogen and oxygen atoms in total. The molecule has 0 spiro atoms. The van der Waals surface area contributed by atoms with E-state index < -0.39 is 29.8 Å². The van der Waals surface area contributed by atoms with Crippen molar-refractivity contribution in [3.63, 3.8) is 0 Å². The first-order valence-electron chi connectivity index (χ1n) is 7.40. The molecule has 0 saturated carbocycles. The summed E-state index contributed by atoms with van der Waals surface area (Å²) in [5, 5.41) is 22.0. The van der Waals surface area contributed by atoms with Crippen LogP contribution < -0.4 is 5.32 Å². The summed E-state index contributed by atoms with van der Waals surface area (Å²) in [6.07, 6.45) is -2.26. The lowest BCUT2D eigenvalue weighted by molar-refractivity contribution is -0.142. The highest BCUT2D eigenvalue weighted by atomic mass is 16.6. The Labute approximate surface area is 136 Å². The van der Waals surface area contributed by atoms with Crippen LogP contribution in [0.4, 0.5) is 4.79 Å². The van der Waals surface area contributed by atoms with Crippen molar-refractivity contribution in [3.8, 4) is 0 Å². The van der Waals surface area contributed by atoms with E-state index in [-0.39, 0.29) is 0 Å². The molecular weight excluding hydrogens is 298 g/mol. The number of ether oxygens (including phenoxy) is 1. The molecule has 0 aliphatic carbocycles. The lowest BCUT2D eigenvalue weighted by atomic mass is 9.94. The van der Waals surface area contributed by atoms with Gasteiger partial charge in [-0.1, -0.05) is 12.1 Å². The van der Waals surface area contributed by atoms with E-state index >= 15 is 0 Å². The molecule has 0 aromatic heterocycles. The average Bonchev–Trinajstić information content (AvgIpc) is 2.37. The number of aliphatic hydroxyl groups is 1. The number of carboxylic acids is 1. The lowest BCUT2D eigenvalue weighted by Gasteiger charge is -2.25. The fourth-order valence-electron chi connectivity index (χ4n) is 2.19. The molecule has 23 heavy (non-hydrogen) atoms. The Morgan fingerprint density at radius 2 is 1.61 bits per heavy atom. The van der Waals surface area contributed by atoms with Crippen molar-refractivity contribution in [3.05, 3.63) is 34.4 Å². The number of carbonyl (C=O) groups is 2. The highest BCUT2D eigenvalue weighted by molar-refractivity contribution is 5.81. The van der Waals surface area contributed by atoms with Crippen molar-refractivity contribution in [2.24, 2.45) is 0 Å². The summed E-state index contributed by atoms with van der Waals surface area (Å²) in [4.78, 5) is 23.3. The first kappa shape index (κ1) is 19.0. The van der Waals surface area contributed by atoms with Gasteiger partial charge in [-0.05, 0) is 63.8 Å². The first-order chi connectivity index (χ1) is 10.4. The van der Waals surface area contributed by atoms with Gasteiger partial charge in [0.1, 0.15) is 11.7 Å². The van der Waals surface area contributed by atoms with Gasteiger partial charge in [-0.25, -0.2) is 9.59 Å². The van der Waals surface area contributed by atoms with Crippen LogP contribution in [0, 0.1) is 20.8 Å². The molecule has 6 heteroatoms. The van der Waals surface area contributed by atoms with Gasteiger partial charge in [0.25, 0.3) is 0 Å². The number of alkyl carbamates (subject to hydrolysis) is 1. The van der Waals surface area contributed by atoms with E-state index in [1.807, 2.05) is 19.9 Å². The van der Waals surface area contributed by atoms with Gasteiger partial charge in [0.05, 0.1) is 0 Å². The largest absolute Gasteiger partial charge is 0.480 e. The zero-order chi connectivity index (χ0) is 17.9. The predicted molar refractivity (Wildman–Crippen MR) is 86.4 cm³/mol. The van der Waals surface area contributed by atoms with Crippen LogP contribution in [0.15, 0.2) is 12.1 Å². The molecule has 0 aliphatic rings. The monoisotopic (exact) mass is 323 g/mol. The van der Waals surface area contributed by atoms with Crippen molar-refractivity contribution in [2.75, 3.05) is 0 Å². The Hall–Kier alpha value is -2.08. The van der Waals surface area contributed by atoms with Gasteiger partial charge >= 0.3 is 12.1 Å². The number of aryl methyl sites for hydroxylation is 3. The van der Waals surface area contributed by atoms with Crippen molar-refractivity contribution >= 4 is 12.1 Å². The number of carbonyl (C=O) groups excluding carboxylic acids is 1. The van der Waals surface area contributed by atoms with E-state index in [9.17, 15) is 19.8 Å². The SMILES string of the molecule is Cc1cc(C)c(C(O)C(NC(=O)OC(C)(C)C)C(=O)O)cc1C. The maximum absolute atomic E-state index is 11.8. The normalized spacial score (nSPS) is 14.0. The molecule has 0 heterocycles. The molecule has 2 atom stereocenters. The molecule has 0 radical (unpaired) electrons. The quantitative estimate of drug-likeness (QED) is 0.791. The zero-order valence-electron chi connectivity index (χ0n) is 14.4. The minimum Gasteiger partial charge on any atom is -0.480 e. The van der Waals surface area contributed by atoms with Crippen LogP contribution in [0.3, 0.4) is 0 Å². The maximum atomic E-state index is 11.8. The average molecular weight is 323 g/mol. The second-order valence-corrected chi connectivity index (χ2v) is 6.70. The summed E-state index contributed by atoms with van der Waals surface area (Å²) in [6.45, 7) is 10.6. The molecule has 0 aliphatic heterocycles. The number of hydrogen-bond donors (Lipinski definition) is 3. The van der Waals surface area contributed by atoms with Crippen LogP contribution >= 0.6 is 0 Å². The lowest BCUT2D eigenvalue weighted by Crippen LogP contribution is -2.47. The Bertz CT molecular complexity index is 604. The van der Waals surface area contributed by atoms with E-state index in [4.69, 9.17) is 4.74 Å². The molecule has 1 amide bonds. The number of hydrogen-bond acceptors (Lipinski definition) is 4. The molecule has 0 saturated heterocycles. The molecule has 1 aromatic carbocycles. The predicted octanol–water partition coefficient (Wildman–Crippen LogP) is 2.62. The minimum absolute atomic E-state index is 0.469. The fourth-order valence-corrected chi connectivity index (χ4v) is 2.19. The number of benzene rings is 1. The van der Waals surface area contributed by atoms with Gasteiger partial charge in [-0.2, -0.15) is 0 Å². The molecule has 3 N–H and O–H groups in total. The fraction of sp³-hybridized carbons (Fsp3) is 0.529. The standard InChI is InChI=1S/C17H25NO5/c1-9-7-11(3)12(8-10(9)2)14(19)13(15(20)21)18-16(22)23-17(4,5)6/h7-8,13-14,19H,1-6H3,(H,18,22)(H,20,21). The maximum Gasteiger partial charge on any atom is 0.408 e. The summed E-state index contributed by atoms with van der Waals surface area (Å²) in [5.41, 5.74) is 2.46. The number of carboxylic acid groups (broad SMARTS) is 1. The van der Waals surface area contributed by atoms with Crippen molar-refractivity contribution in [1.29, 1.82) is 0 Å². The highest BCUT2D eigenvalue weighted by Crippen LogP contribution is 2.24. The second kappa shape index (κ2) is 7.00. The molecule has 128 valence electrons. The number of amides is 1. The Balaban J connectivity index is 3.04. The van der Waals surface area contributed by atoms with Gasteiger partial charge < -0.3 is 20.3 Å². The minimum atomic E-state index is -1.49. The van der Waals surface area contributed by atoms with Crippen LogP contribution in [-0.2, 0) is 9.53 Å². The van der Waals surface area contributed by atoms with Crippen molar-refractivity contribution in [1.82, 2.24) is 5.32 Å². The van der Waals surface area contributed by atoms with Gasteiger partial charge in [-0.15, -0.1) is 0 Å². The Kier molecular flexibility index (Phi) is 5.77. The third-order valence-corrected chi connectivity index (χ3v) is 3.46. The van der Waals surface area contributed by atoms with E-state index in [0.29, 0.717) is 5.56 Å². The summed E-state index contributed by atoms with van der Waals surface area (Å²) in [7, 11) is 0. The highest BCUT2D eigenvalue weighted by Gasteiger charge is 2.32. The van der Waals surface area contributed by atoms with E-state index in [1.54, 1.807) is 33.8 Å². The van der Waals surface area contributed by atoms with E-state index in [2.05, 4.69) is 5.32 Å². The van der Waals surface area contributed by atoms with Gasteiger partial charge in [0, 0.05) is 0 Å². The molecule has 2 unspecified atom stereocenters. The van der Waals surface area contributed by atoms with Crippen LogP contribution in [0.1, 0.15) is 49.1 Å². The topological polar surface area (TPSA) is 95.9 Å². The Morgan fingerprint density at radius 1 is 1.09 bits per heavy atom. The number of rotatable bonds is 4. The number of aliphatic carboxylic acids is 1. The molecule has 1 aromatic rings. The van der Waals surface area contributed by atoms with Crippen molar-refractivity contribution < 1.29 is 24.5 Å². The van der Waals surface area contributed by atoms with Gasteiger partial charge in [0.2, 0.25) is 0 Å². The third-order valence-electron chi connectivity index (χ3n) is 3.46. The second-order valence-electron chi connectivity index (χ2n) is 6.70. The number of nitrogens with one attached hydrogen (secondary N) is 1. The van der Waals surface area contributed by atoms with Crippen LogP contribution in [-0.4, -0.2) is 33.9 Å². The van der Waals surface area contributed by atoms with Crippen LogP contribution in [0.25, 0.3) is 0 Å². The summed E-state index contributed by atoms with van der Waals surface area (Å²) < 4.78 is 5.05. The van der Waals surface area contributed by atoms with E-state index in [1.165, 1.54) is 0 Å². The first-order valence-corrected chi connectivity index (χ1v) is 7.40. The van der Waals surface area contributed by atoms with Crippen molar-refractivity contribution in [2.45, 2.75) is 59.3 Å². The molecule has 0 fully saturated rings. The number of aliphatic hydroxyl groups excluding tert-OH is 1. The smallest absolute Gasteiger partial charge is 0.408 e. The Morgan fingerprint density at radius 3 is 2.09 bits per heavy atom. The van der Waals surface area contributed by atoms with Gasteiger partial charge in [0.15, 0.2) is 6.04 Å². The third kappa shape index (κ3) is 5.25. The molecular formula is C17H25NO5. The zero-order valence-corrected chi connectivity index (χ0v) is 14.4. The summed E-state index contributed by atoms with van der Waals surface area (Å²) >= 11 is 0. The van der Waals surface area contributed by atoms with Crippen LogP contribution in [0.5, 0.6) is 0 Å². The van der Waals surface area contributed by atoms with Crippen LogP contribution in [0.2, 0.25) is 0 Å². The van der Waals surface area contributed by atoms with Gasteiger partial charge in [-0.3, -0.25) is 0 Å². The van der Waals surface area contributed by atoms with E-state index in [0.717, 1.165) is 16.7 Å². The summed E-state index contributed by atoms with van der Waals surface area (Å²) in [6, 6.07) is 2.12. The molecule has 0 bridgehead atoms.